The molecule has 3 heteroatoms. The van der Waals surface area contributed by atoms with Gasteiger partial charge in [0.1, 0.15) is 5.82 Å². The molecule has 0 saturated heterocycles. The monoisotopic (exact) mass is 191 g/mol. The number of pyridine rings is 1. The van der Waals surface area contributed by atoms with E-state index in [1.54, 1.807) is 0 Å². The molecule has 0 atom stereocenters. The van der Waals surface area contributed by atoms with E-state index >= 15 is 0 Å². The number of anilines is 2. The van der Waals surface area contributed by atoms with Gasteiger partial charge in [-0.25, -0.2) is 4.98 Å². The summed E-state index contributed by atoms with van der Waals surface area (Å²) in [4.78, 5) is 6.48. The van der Waals surface area contributed by atoms with E-state index in [0.29, 0.717) is 5.82 Å². The number of nitrogen functional groups attached to an aromatic ring is 1. The molecule has 0 radical (unpaired) electrons. The Balaban J connectivity index is 2.05. The van der Waals surface area contributed by atoms with Gasteiger partial charge in [0, 0.05) is 13.1 Å². The molecule has 3 nitrogen and oxygen atoms in total. The Morgan fingerprint density at radius 1 is 1.50 bits per heavy atom. The second kappa shape index (κ2) is 3.86. The number of aromatic nitrogens is 1. The summed E-state index contributed by atoms with van der Waals surface area (Å²) in [6.45, 7) is 4.39. The van der Waals surface area contributed by atoms with Gasteiger partial charge in [0.2, 0.25) is 0 Å². The number of nitrogens with two attached hydrogens (primary N) is 1. The van der Waals surface area contributed by atoms with Gasteiger partial charge in [-0.3, -0.25) is 0 Å². The summed E-state index contributed by atoms with van der Waals surface area (Å²) in [6, 6.07) is 3.92. The van der Waals surface area contributed by atoms with Crippen LogP contribution in [0.4, 0.5) is 11.5 Å². The normalized spacial score (nSPS) is 15.5. The molecule has 0 aromatic carbocycles. The number of rotatable bonds is 4. The van der Waals surface area contributed by atoms with Crippen LogP contribution in [-0.4, -0.2) is 18.1 Å². The molecule has 1 fully saturated rings. The fourth-order valence-corrected chi connectivity index (χ4v) is 1.61. The first-order valence-corrected chi connectivity index (χ1v) is 5.26. The predicted octanol–water partition coefficient (Wildman–Crippen LogP) is 1.90. The minimum absolute atomic E-state index is 0.594. The van der Waals surface area contributed by atoms with Gasteiger partial charge in [-0.05, 0) is 37.8 Å². The van der Waals surface area contributed by atoms with Crippen LogP contribution >= 0.6 is 0 Å². The molecule has 2 rings (SSSR count). The number of hydrogen-bond acceptors (Lipinski definition) is 3. The van der Waals surface area contributed by atoms with Crippen LogP contribution in [0.1, 0.15) is 19.8 Å². The van der Waals surface area contributed by atoms with Crippen molar-refractivity contribution >= 4 is 11.5 Å². The molecular formula is C11H17N3. The third-order valence-corrected chi connectivity index (χ3v) is 2.69. The van der Waals surface area contributed by atoms with Crippen molar-refractivity contribution < 1.29 is 0 Å². The highest BCUT2D eigenvalue weighted by Gasteiger charge is 2.23. The first kappa shape index (κ1) is 9.31. The molecule has 0 bridgehead atoms. The van der Waals surface area contributed by atoms with E-state index in [9.17, 15) is 0 Å². The van der Waals surface area contributed by atoms with Crippen molar-refractivity contribution in [2.75, 3.05) is 23.7 Å². The summed E-state index contributed by atoms with van der Waals surface area (Å²) in [7, 11) is 0. The smallest absolute Gasteiger partial charge is 0.123 e. The Bertz CT molecular complexity index is 290. The van der Waals surface area contributed by atoms with E-state index in [1.165, 1.54) is 25.1 Å². The largest absolute Gasteiger partial charge is 0.384 e. The van der Waals surface area contributed by atoms with Gasteiger partial charge in [-0.1, -0.05) is 0 Å². The molecule has 1 aliphatic rings. The van der Waals surface area contributed by atoms with Gasteiger partial charge in [0.05, 0.1) is 11.9 Å². The van der Waals surface area contributed by atoms with E-state index in [0.717, 1.165) is 12.5 Å². The molecule has 76 valence electrons. The van der Waals surface area contributed by atoms with Gasteiger partial charge in [0.15, 0.2) is 0 Å². The van der Waals surface area contributed by atoms with Crippen LogP contribution in [0.15, 0.2) is 18.3 Å². The van der Waals surface area contributed by atoms with Gasteiger partial charge in [0.25, 0.3) is 0 Å². The zero-order chi connectivity index (χ0) is 9.97. The fraction of sp³-hybridized carbons (Fsp3) is 0.545. The highest BCUT2D eigenvalue weighted by molar-refractivity contribution is 5.48. The van der Waals surface area contributed by atoms with Gasteiger partial charge < -0.3 is 10.6 Å². The lowest BCUT2D eigenvalue weighted by Gasteiger charge is -2.22. The topological polar surface area (TPSA) is 42.1 Å². The molecule has 0 unspecified atom stereocenters. The van der Waals surface area contributed by atoms with E-state index in [2.05, 4.69) is 16.8 Å². The van der Waals surface area contributed by atoms with Crippen LogP contribution in [0.5, 0.6) is 0 Å². The van der Waals surface area contributed by atoms with Crippen molar-refractivity contribution in [3.63, 3.8) is 0 Å². The maximum atomic E-state index is 5.55. The summed E-state index contributed by atoms with van der Waals surface area (Å²) >= 11 is 0. The van der Waals surface area contributed by atoms with Crippen molar-refractivity contribution in [3.8, 4) is 0 Å². The van der Waals surface area contributed by atoms with Crippen molar-refractivity contribution in [1.29, 1.82) is 0 Å². The number of hydrogen-bond donors (Lipinski definition) is 1. The first-order chi connectivity index (χ1) is 6.79. The summed E-state index contributed by atoms with van der Waals surface area (Å²) in [5, 5.41) is 0. The SMILES string of the molecule is CCN(CC1CC1)c1ccc(N)nc1. The van der Waals surface area contributed by atoms with Crippen LogP contribution in [-0.2, 0) is 0 Å². The van der Waals surface area contributed by atoms with Crippen molar-refractivity contribution in [2.24, 2.45) is 5.92 Å². The Kier molecular flexibility index (Phi) is 2.57. The maximum absolute atomic E-state index is 5.55. The molecule has 1 aromatic heterocycles. The molecule has 1 saturated carbocycles. The zero-order valence-electron chi connectivity index (χ0n) is 8.61. The van der Waals surface area contributed by atoms with Crippen LogP contribution < -0.4 is 10.6 Å². The zero-order valence-corrected chi connectivity index (χ0v) is 8.61. The Morgan fingerprint density at radius 2 is 2.29 bits per heavy atom. The van der Waals surface area contributed by atoms with Crippen LogP contribution in [0, 0.1) is 5.92 Å². The lowest BCUT2D eigenvalue weighted by molar-refractivity contribution is 0.740. The lowest BCUT2D eigenvalue weighted by atomic mass is 10.3. The Hall–Kier alpha value is -1.25. The Morgan fingerprint density at radius 3 is 2.79 bits per heavy atom. The van der Waals surface area contributed by atoms with E-state index in [4.69, 9.17) is 5.73 Å². The second-order valence-electron chi connectivity index (χ2n) is 3.92. The van der Waals surface area contributed by atoms with Crippen LogP contribution in [0.25, 0.3) is 0 Å². The second-order valence-corrected chi connectivity index (χ2v) is 3.92. The van der Waals surface area contributed by atoms with Crippen LogP contribution in [0.3, 0.4) is 0 Å². The lowest BCUT2D eigenvalue weighted by Crippen LogP contribution is -2.25. The summed E-state index contributed by atoms with van der Waals surface area (Å²) in [5.74, 6) is 1.50. The van der Waals surface area contributed by atoms with Crippen molar-refractivity contribution in [2.45, 2.75) is 19.8 Å². The minimum atomic E-state index is 0.594. The Labute approximate surface area is 84.9 Å². The molecule has 1 heterocycles. The molecule has 0 spiro atoms. The third kappa shape index (κ3) is 2.16. The molecule has 1 aromatic rings. The summed E-state index contributed by atoms with van der Waals surface area (Å²) in [5.41, 5.74) is 6.74. The van der Waals surface area contributed by atoms with E-state index in [1.807, 2.05) is 18.3 Å². The van der Waals surface area contributed by atoms with Crippen molar-refractivity contribution in [1.82, 2.24) is 4.98 Å². The molecular weight excluding hydrogens is 174 g/mol. The summed E-state index contributed by atoms with van der Waals surface area (Å²) in [6.07, 6.45) is 4.64. The van der Waals surface area contributed by atoms with Crippen molar-refractivity contribution in [3.05, 3.63) is 18.3 Å². The highest BCUT2D eigenvalue weighted by Crippen LogP contribution is 2.31. The quantitative estimate of drug-likeness (QED) is 0.790. The molecule has 1 aliphatic carbocycles. The van der Waals surface area contributed by atoms with E-state index in [-0.39, 0.29) is 0 Å². The molecule has 0 aliphatic heterocycles. The minimum Gasteiger partial charge on any atom is -0.384 e. The van der Waals surface area contributed by atoms with Gasteiger partial charge in [-0.15, -0.1) is 0 Å². The number of nitrogens with zero attached hydrogens (tertiary/aromatic N) is 2. The highest BCUT2D eigenvalue weighted by atomic mass is 15.1. The predicted molar refractivity (Wildman–Crippen MR) is 59.3 cm³/mol. The standard InChI is InChI=1S/C11H17N3/c1-2-14(8-9-3-4-9)10-5-6-11(12)13-7-10/h5-7,9H,2-4,8H2,1H3,(H2,12,13). The first-order valence-electron chi connectivity index (χ1n) is 5.26. The third-order valence-electron chi connectivity index (χ3n) is 2.69. The molecule has 0 amide bonds. The summed E-state index contributed by atoms with van der Waals surface area (Å²) < 4.78 is 0. The fourth-order valence-electron chi connectivity index (χ4n) is 1.61. The van der Waals surface area contributed by atoms with E-state index < -0.39 is 0 Å². The average molecular weight is 191 g/mol. The van der Waals surface area contributed by atoms with Gasteiger partial charge in [-0.2, -0.15) is 0 Å². The molecule has 2 N–H and O–H groups in total. The molecule has 14 heavy (non-hydrogen) atoms. The maximum Gasteiger partial charge on any atom is 0.123 e. The van der Waals surface area contributed by atoms with Crippen LogP contribution in [0.2, 0.25) is 0 Å². The average Bonchev–Trinajstić information content (AvgIpc) is 3.00. The van der Waals surface area contributed by atoms with Gasteiger partial charge >= 0.3 is 0 Å².